The Balaban J connectivity index is 3.48. The van der Waals surface area contributed by atoms with E-state index in [2.05, 4.69) is 9.72 Å². The quantitative estimate of drug-likeness (QED) is 0.789. The zero-order valence-electron chi connectivity index (χ0n) is 9.05. The third-order valence-electron chi connectivity index (χ3n) is 2.06. The number of nitrogens with zero attached hydrogens (tertiary/aromatic N) is 2. The largest absolute Gasteiger partial charge is 0.481 e. The van der Waals surface area contributed by atoms with Gasteiger partial charge < -0.3 is 4.74 Å². The Morgan fingerprint density at radius 3 is 2.44 bits per heavy atom. The second-order valence-corrected chi connectivity index (χ2v) is 3.23. The summed E-state index contributed by atoms with van der Waals surface area (Å²) < 4.78 is 67.4. The van der Waals surface area contributed by atoms with Crippen LogP contribution in [0.2, 0.25) is 0 Å². The molecule has 0 aliphatic heterocycles. The van der Waals surface area contributed by atoms with Gasteiger partial charge in [0.05, 0.1) is 25.2 Å². The molecule has 1 heterocycles. The van der Waals surface area contributed by atoms with Gasteiger partial charge in [-0.05, 0) is 11.6 Å². The van der Waals surface area contributed by atoms with Gasteiger partial charge in [0, 0.05) is 0 Å². The van der Waals surface area contributed by atoms with Gasteiger partial charge in [-0.25, -0.2) is 13.8 Å². The lowest BCUT2D eigenvalue weighted by Gasteiger charge is -2.14. The summed E-state index contributed by atoms with van der Waals surface area (Å²) in [5.74, 6) is -0.793. The van der Waals surface area contributed by atoms with Crippen LogP contribution in [0.5, 0.6) is 5.88 Å². The maximum Gasteiger partial charge on any atom is 0.433 e. The maximum absolute atomic E-state index is 12.6. The molecule has 0 amide bonds. The summed E-state index contributed by atoms with van der Waals surface area (Å²) >= 11 is 0. The molecule has 0 unspecified atom stereocenters. The first-order chi connectivity index (χ1) is 8.31. The van der Waals surface area contributed by atoms with Gasteiger partial charge in [0.15, 0.2) is 5.69 Å². The van der Waals surface area contributed by atoms with Gasteiger partial charge >= 0.3 is 6.18 Å². The topological polar surface area (TPSA) is 45.9 Å². The molecule has 0 aromatic carbocycles. The Labute approximate surface area is 98.8 Å². The van der Waals surface area contributed by atoms with E-state index in [1.807, 2.05) is 0 Å². The van der Waals surface area contributed by atoms with Gasteiger partial charge in [-0.2, -0.15) is 18.4 Å². The number of hydrogen-bond donors (Lipinski definition) is 0. The molecule has 98 valence electrons. The molecule has 0 bridgehead atoms. The van der Waals surface area contributed by atoms with Crippen molar-refractivity contribution in [1.29, 1.82) is 5.26 Å². The van der Waals surface area contributed by atoms with Crippen LogP contribution in [-0.4, -0.2) is 12.1 Å². The van der Waals surface area contributed by atoms with Crippen molar-refractivity contribution in [3.05, 3.63) is 22.9 Å². The standard InChI is InChI=1S/C10H7F5N2O/c1-18-9-6(8(11)12)4-5(2-3-16)7(17-9)10(13,14)15/h4,8H,2H2,1H3. The summed E-state index contributed by atoms with van der Waals surface area (Å²) in [6.45, 7) is 0. The van der Waals surface area contributed by atoms with Gasteiger partial charge in [-0.15, -0.1) is 0 Å². The molecule has 0 saturated heterocycles. The fraction of sp³-hybridized carbons (Fsp3) is 0.400. The number of aromatic nitrogens is 1. The highest BCUT2D eigenvalue weighted by Crippen LogP contribution is 2.36. The van der Waals surface area contributed by atoms with Crippen LogP contribution in [0.3, 0.4) is 0 Å². The average Bonchev–Trinajstić information content (AvgIpc) is 2.27. The van der Waals surface area contributed by atoms with Gasteiger partial charge in [-0.1, -0.05) is 0 Å². The second kappa shape index (κ2) is 5.16. The summed E-state index contributed by atoms with van der Waals surface area (Å²) in [6.07, 6.45) is -8.53. The van der Waals surface area contributed by atoms with Gasteiger partial charge in [0.25, 0.3) is 6.43 Å². The van der Waals surface area contributed by atoms with Crippen LogP contribution >= 0.6 is 0 Å². The van der Waals surface area contributed by atoms with Crippen molar-refractivity contribution >= 4 is 0 Å². The van der Waals surface area contributed by atoms with E-state index in [1.165, 1.54) is 6.07 Å². The first-order valence-electron chi connectivity index (χ1n) is 4.61. The lowest BCUT2D eigenvalue weighted by atomic mass is 10.1. The molecule has 8 heteroatoms. The second-order valence-electron chi connectivity index (χ2n) is 3.23. The lowest BCUT2D eigenvalue weighted by molar-refractivity contribution is -0.142. The van der Waals surface area contributed by atoms with Gasteiger partial charge in [0.2, 0.25) is 5.88 Å². The van der Waals surface area contributed by atoms with E-state index in [-0.39, 0.29) is 0 Å². The molecule has 18 heavy (non-hydrogen) atoms. The summed E-state index contributed by atoms with van der Waals surface area (Å²) in [7, 11) is 0.943. The van der Waals surface area contributed by atoms with Crippen molar-refractivity contribution < 1.29 is 26.7 Å². The van der Waals surface area contributed by atoms with Crippen LogP contribution in [0.25, 0.3) is 0 Å². The summed E-state index contributed by atoms with van der Waals surface area (Å²) in [4.78, 5) is 3.02. The Hall–Kier alpha value is -1.91. The molecule has 0 N–H and O–H groups in total. The highest BCUT2D eigenvalue weighted by Gasteiger charge is 2.37. The molecular formula is C10H7F5N2O. The smallest absolute Gasteiger partial charge is 0.433 e. The molecule has 0 aliphatic carbocycles. The van der Waals surface area contributed by atoms with E-state index in [0.29, 0.717) is 6.07 Å². The van der Waals surface area contributed by atoms with Crippen molar-refractivity contribution in [2.75, 3.05) is 7.11 Å². The molecule has 0 radical (unpaired) electrons. The summed E-state index contributed by atoms with van der Waals surface area (Å²) in [5.41, 5.74) is -2.75. The van der Waals surface area contributed by atoms with Crippen LogP contribution in [0.15, 0.2) is 6.07 Å². The molecule has 1 aromatic rings. The highest BCUT2D eigenvalue weighted by atomic mass is 19.4. The Morgan fingerprint density at radius 2 is 2.06 bits per heavy atom. The molecule has 0 spiro atoms. The number of halogens is 5. The van der Waals surface area contributed by atoms with E-state index in [4.69, 9.17) is 5.26 Å². The number of nitriles is 1. The minimum absolute atomic E-state index is 0.596. The molecule has 0 saturated carbocycles. The maximum atomic E-state index is 12.6. The first kappa shape index (κ1) is 14.2. The van der Waals surface area contributed by atoms with E-state index >= 15 is 0 Å². The third-order valence-corrected chi connectivity index (χ3v) is 2.06. The molecule has 1 aromatic heterocycles. The Morgan fingerprint density at radius 1 is 1.44 bits per heavy atom. The average molecular weight is 266 g/mol. The van der Waals surface area contributed by atoms with Crippen LogP contribution in [0, 0.1) is 11.3 Å². The molecule has 0 atom stereocenters. The number of rotatable bonds is 3. The fourth-order valence-electron chi connectivity index (χ4n) is 1.34. The summed E-state index contributed by atoms with van der Waals surface area (Å²) in [6, 6.07) is 2.07. The van der Waals surface area contributed by atoms with E-state index < -0.39 is 41.7 Å². The zero-order valence-corrected chi connectivity index (χ0v) is 9.05. The van der Waals surface area contributed by atoms with Crippen LogP contribution in [-0.2, 0) is 12.6 Å². The van der Waals surface area contributed by atoms with Gasteiger partial charge in [-0.3, -0.25) is 0 Å². The van der Waals surface area contributed by atoms with Crippen molar-refractivity contribution in [1.82, 2.24) is 4.98 Å². The summed E-state index contributed by atoms with van der Waals surface area (Å²) in [5, 5.41) is 8.40. The number of ether oxygens (including phenoxy) is 1. The Kier molecular flexibility index (Phi) is 4.06. The predicted molar refractivity (Wildman–Crippen MR) is 50.1 cm³/mol. The number of pyridine rings is 1. The van der Waals surface area contributed by atoms with E-state index in [0.717, 1.165) is 7.11 Å². The SMILES string of the molecule is COc1nc(C(F)(F)F)c(CC#N)cc1C(F)F. The number of methoxy groups -OCH3 is 1. The van der Waals surface area contributed by atoms with Crippen LogP contribution in [0.1, 0.15) is 23.2 Å². The van der Waals surface area contributed by atoms with Gasteiger partial charge in [0.1, 0.15) is 0 Å². The molecule has 0 aliphatic rings. The molecule has 0 fully saturated rings. The van der Waals surface area contributed by atoms with Crippen molar-refractivity contribution in [3.8, 4) is 11.9 Å². The molecule has 3 nitrogen and oxygen atoms in total. The predicted octanol–water partition coefficient (Wildman–Crippen LogP) is 3.11. The van der Waals surface area contributed by atoms with Crippen molar-refractivity contribution in [2.24, 2.45) is 0 Å². The molecule has 1 rings (SSSR count). The van der Waals surface area contributed by atoms with Crippen LogP contribution < -0.4 is 4.74 Å². The van der Waals surface area contributed by atoms with Crippen molar-refractivity contribution in [2.45, 2.75) is 19.0 Å². The van der Waals surface area contributed by atoms with E-state index in [1.54, 1.807) is 0 Å². The van der Waals surface area contributed by atoms with Crippen LogP contribution in [0.4, 0.5) is 22.0 Å². The third kappa shape index (κ3) is 2.85. The molecular weight excluding hydrogens is 259 g/mol. The normalized spacial score (nSPS) is 11.4. The fourth-order valence-corrected chi connectivity index (χ4v) is 1.34. The van der Waals surface area contributed by atoms with Crippen molar-refractivity contribution in [3.63, 3.8) is 0 Å². The zero-order chi connectivity index (χ0) is 13.9. The highest BCUT2D eigenvalue weighted by molar-refractivity contribution is 5.37. The number of alkyl halides is 5. The monoisotopic (exact) mass is 266 g/mol. The number of hydrogen-bond acceptors (Lipinski definition) is 3. The lowest BCUT2D eigenvalue weighted by Crippen LogP contribution is -2.14. The Bertz CT molecular complexity index is 478. The minimum Gasteiger partial charge on any atom is -0.481 e. The minimum atomic E-state index is -4.83. The van der Waals surface area contributed by atoms with E-state index in [9.17, 15) is 22.0 Å². The first-order valence-corrected chi connectivity index (χ1v) is 4.61.